The molecule has 0 amide bonds. The average molecular weight is 285 g/mol. The van der Waals surface area contributed by atoms with Crippen LogP contribution in [0.15, 0.2) is 12.4 Å². The van der Waals surface area contributed by atoms with E-state index in [1.807, 2.05) is 24.1 Å². The fourth-order valence-electron chi connectivity index (χ4n) is 3.22. The highest BCUT2D eigenvalue weighted by atomic mass is 15.3. The Morgan fingerprint density at radius 2 is 2.19 bits per heavy atom. The molecule has 0 aromatic carbocycles. The van der Waals surface area contributed by atoms with Crippen molar-refractivity contribution < 1.29 is 0 Å². The summed E-state index contributed by atoms with van der Waals surface area (Å²) in [7, 11) is 1.93. The third-order valence-electron chi connectivity index (χ3n) is 4.20. The number of nitrogens with two attached hydrogens (primary N) is 1. The molecule has 0 saturated carbocycles. The average Bonchev–Trinajstić information content (AvgIpc) is 2.78. The van der Waals surface area contributed by atoms with Crippen molar-refractivity contribution >= 4 is 0 Å². The molecule has 21 heavy (non-hydrogen) atoms. The third kappa shape index (κ3) is 2.58. The molecule has 0 aliphatic heterocycles. The zero-order valence-corrected chi connectivity index (χ0v) is 13.2. The summed E-state index contributed by atoms with van der Waals surface area (Å²) in [6.45, 7) is 6.60. The number of hydrogen-bond acceptors (Lipinski definition) is 4. The summed E-state index contributed by atoms with van der Waals surface area (Å²) in [5, 5.41) is 4.47. The zero-order chi connectivity index (χ0) is 15.2. The SMILES string of the molecule is CCc1nn(C)cc1-c1ncc2c(n1)CC(C)(C)CC2N. The van der Waals surface area contributed by atoms with Gasteiger partial charge in [-0.2, -0.15) is 5.10 Å². The summed E-state index contributed by atoms with van der Waals surface area (Å²) in [6, 6.07) is 0.0392. The van der Waals surface area contributed by atoms with Crippen LogP contribution in [0.25, 0.3) is 11.4 Å². The minimum atomic E-state index is 0.0392. The highest BCUT2D eigenvalue weighted by molar-refractivity contribution is 5.57. The molecule has 0 fully saturated rings. The number of rotatable bonds is 2. The van der Waals surface area contributed by atoms with E-state index in [1.165, 1.54) is 0 Å². The Labute approximate surface area is 125 Å². The van der Waals surface area contributed by atoms with Gasteiger partial charge in [0.2, 0.25) is 0 Å². The fourth-order valence-corrected chi connectivity index (χ4v) is 3.22. The van der Waals surface area contributed by atoms with E-state index in [0.29, 0.717) is 0 Å². The Hall–Kier alpha value is -1.75. The highest BCUT2D eigenvalue weighted by Gasteiger charge is 2.32. The first-order chi connectivity index (χ1) is 9.89. The summed E-state index contributed by atoms with van der Waals surface area (Å²) in [5.74, 6) is 0.767. The molecule has 0 saturated heterocycles. The Balaban J connectivity index is 2.07. The summed E-state index contributed by atoms with van der Waals surface area (Å²) >= 11 is 0. The molecule has 1 aliphatic carbocycles. The van der Waals surface area contributed by atoms with Crippen molar-refractivity contribution in [2.45, 2.75) is 46.1 Å². The van der Waals surface area contributed by atoms with Crippen molar-refractivity contribution in [1.29, 1.82) is 0 Å². The van der Waals surface area contributed by atoms with Crippen LogP contribution < -0.4 is 5.73 Å². The molecule has 0 spiro atoms. The van der Waals surface area contributed by atoms with E-state index < -0.39 is 0 Å². The third-order valence-corrected chi connectivity index (χ3v) is 4.20. The molecule has 2 aromatic heterocycles. The molecular formula is C16H23N5. The first-order valence-corrected chi connectivity index (χ1v) is 7.54. The first kappa shape index (κ1) is 14.2. The van der Waals surface area contributed by atoms with Gasteiger partial charge < -0.3 is 5.73 Å². The van der Waals surface area contributed by atoms with E-state index in [9.17, 15) is 0 Å². The lowest BCUT2D eigenvalue weighted by Gasteiger charge is -2.34. The molecule has 1 aliphatic rings. The Bertz CT molecular complexity index is 671. The molecule has 112 valence electrons. The largest absolute Gasteiger partial charge is 0.324 e. The molecule has 5 heteroatoms. The van der Waals surface area contributed by atoms with Gasteiger partial charge in [-0.15, -0.1) is 0 Å². The van der Waals surface area contributed by atoms with Crippen LogP contribution in [-0.2, 0) is 19.9 Å². The molecule has 3 rings (SSSR count). The van der Waals surface area contributed by atoms with Gasteiger partial charge in [-0.3, -0.25) is 4.68 Å². The molecule has 5 nitrogen and oxygen atoms in total. The van der Waals surface area contributed by atoms with Gasteiger partial charge >= 0.3 is 0 Å². The maximum Gasteiger partial charge on any atom is 0.162 e. The number of fused-ring (bicyclic) bond motifs is 1. The van der Waals surface area contributed by atoms with Crippen molar-refractivity contribution in [3.05, 3.63) is 29.3 Å². The lowest BCUT2D eigenvalue weighted by atomic mass is 9.74. The fraction of sp³-hybridized carbons (Fsp3) is 0.562. The van der Waals surface area contributed by atoms with Gasteiger partial charge in [0, 0.05) is 36.7 Å². The van der Waals surface area contributed by atoms with E-state index >= 15 is 0 Å². The Kier molecular flexibility index (Phi) is 3.32. The smallest absolute Gasteiger partial charge is 0.162 e. The Morgan fingerprint density at radius 3 is 2.90 bits per heavy atom. The molecule has 2 aromatic rings. The molecule has 2 heterocycles. The molecule has 2 N–H and O–H groups in total. The van der Waals surface area contributed by atoms with Crippen LogP contribution in [0.1, 0.15) is 50.2 Å². The van der Waals surface area contributed by atoms with Gasteiger partial charge in [-0.25, -0.2) is 9.97 Å². The van der Waals surface area contributed by atoms with Crippen LogP contribution in [0.4, 0.5) is 0 Å². The van der Waals surface area contributed by atoms with Crippen molar-refractivity contribution in [3.63, 3.8) is 0 Å². The number of nitrogens with zero attached hydrogens (tertiary/aromatic N) is 4. The van der Waals surface area contributed by atoms with Gasteiger partial charge in [0.25, 0.3) is 0 Å². The summed E-state index contributed by atoms with van der Waals surface area (Å²) in [6.07, 6.45) is 6.71. The number of aromatic nitrogens is 4. The minimum absolute atomic E-state index is 0.0392. The first-order valence-electron chi connectivity index (χ1n) is 7.54. The predicted octanol–water partition coefficient (Wildman–Crippen LogP) is 2.41. The van der Waals surface area contributed by atoms with Gasteiger partial charge in [0.1, 0.15) is 0 Å². The molecule has 1 unspecified atom stereocenters. The maximum atomic E-state index is 6.27. The molecule has 0 radical (unpaired) electrons. The van der Waals surface area contributed by atoms with Crippen LogP contribution in [-0.4, -0.2) is 19.7 Å². The minimum Gasteiger partial charge on any atom is -0.324 e. The highest BCUT2D eigenvalue weighted by Crippen LogP contribution is 2.39. The number of hydrogen-bond donors (Lipinski definition) is 1. The quantitative estimate of drug-likeness (QED) is 0.920. The van der Waals surface area contributed by atoms with Crippen LogP contribution in [0.2, 0.25) is 0 Å². The van der Waals surface area contributed by atoms with Crippen molar-refractivity contribution in [2.24, 2.45) is 18.2 Å². The van der Waals surface area contributed by atoms with E-state index in [4.69, 9.17) is 10.7 Å². The maximum absolute atomic E-state index is 6.27. The lowest BCUT2D eigenvalue weighted by molar-refractivity contribution is 0.278. The standard InChI is InChI=1S/C16H23N5/c1-5-13-11(9-21(4)20-13)15-18-8-10-12(17)6-16(2,3)7-14(10)19-15/h8-9,12H,5-7,17H2,1-4H3. The Morgan fingerprint density at radius 1 is 1.43 bits per heavy atom. The second-order valence-corrected chi connectivity index (χ2v) is 6.76. The summed E-state index contributed by atoms with van der Waals surface area (Å²) < 4.78 is 1.83. The predicted molar refractivity (Wildman–Crippen MR) is 82.6 cm³/mol. The van der Waals surface area contributed by atoms with E-state index in [2.05, 4.69) is 30.9 Å². The van der Waals surface area contributed by atoms with Crippen molar-refractivity contribution in [3.8, 4) is 11.4 Å². The molecule has 0 bridgehead atoms. The van der Waals surface area contributed by atoms with Crippen LogP contribution in [0.5, 0.6) is 0 Å². The second-order valence-electron chi connectivity index (χ2n) is 6.76. The van der Waals surface area contributed by atoms with Crippen LogP contribution in [0, 0.1) is 5.41 Å². The second kappa shape index (κ2) is 4.91. The summed E-state index contributed by atoms with van der Waals surface area (Å²) in [4.78, 5) is 9.35. The van der Waals surface area contributed by atoms with Crippen molar-refractivity contribution in [2.75, 3.05) is 0 Å². The molecule has 1 atom stereocenters. The topological polar surface area (TPSA) is 69.6 Å². The van der Waals surface area contributed by atoms with Gasteiger partial charge in [-0.05, 0) is 24.7 Å². The molecular weight excluding hydrogens is 262 g/mol. The normalized spacial score (nSPS) is 20.3. The lowest BCUT2D eigenvalue weighted by Crippen LogP contribution is -2.30. The van der Waals surface area contributed by atoms with Gasteiger partial charge in [0.15, 0.2) is 5.82 Å². The van der Waals surface area contributed by atoms with Gasteiger partial charge in [0.05, 0.1) is 11.3 Å². The van der Waals surface area contributed by atoms with Crippen molar-refractivity contribution in [1.82, 2.24) is 19.7 Å². The van der Waals surface area contributed by atoms with E-state index in [-0.39, 0.29) is 11.5 Å². The van der Waals surface area contributed by atoms with Crippen LogP contribution >= 0.6 is 0 Å². The zero-order valence-electron chi connectivity index (χ0n) is 13.2. The van der Waals surface area contributed by atoms with E-state index in [0.717, 1.165) is 47.6 Å². The summed E-state index contributed by atoms with van der Waals surface area (Å²) in [5.41, 5.74) is 10.7. The van der Waals surface area contributed by atoms with Gasteiger partial charge in [-0.1, -0.05) is 20.8 Å². The van der Waals surface area contributed by atoms with Crippen LogP contribution in [0.3, 0.4) is 0 Å². The van der Waals surface area contributed by atoms with E-state index in [1.54, 1.807) is 0 Å². The number of aryl methyl sites for hydroxylation is 2. The monoisotopic (exact) mass is 285 g/mol.